The summed E-state index contributed by atoms with van der Waals surface area (Å²) in [6, 6.07) is 13.1. The number of aromatic hydroxyl groups is 1. The van der Waals surface area contributed by atoms with E-state index in [0.717, 1.165) is 16.9 Å². The summed E-state index contributed by atoms with van der Waals surface area (Å²) in [4.78, 5) is 32.5. The largest absolute Gasteiger partial charge is 0.501 e. The number of nitrogens with one attached hydrogen (secondary N) is 1. The molecule has 0 aliphatic heterocycles. The van der Waals surface area contributed by atoms with E-state index in [2.05, 4.69) is 9.97 Å². The first-order valence-electron chi connectivity index (χ1n) is 7.82. The number of aromatic amines is 1. The van der Waals surface area contributed by atoms with Crippen LogP contribution in [0.2, 0.25) is 0 Å². The second-order valence-corrected chi connectivity index (χ2v) is 6.32. The SMILES string of the molecule is CCC(c1ccccc1)N(C(=O)c1nc[nH]c(=O)c1O)c1cccs1. The molecule has 1 unspecified atom stereocenters. The van der Waals surface area contributed by atoms with Crippen molar-refractivity contribution in [3.63, 3.8) is 0 Å². The number of rotatable bonds is 5. The average molecular weight is 355 g/mol. The molecule has 7 heteroatoms. The lowest BCUT2D eigenvalue weighted by Gasteiger charge is -2.30. The molecule has 3 aromatic rings. The monoisotopic (exact) mass is 355 g/mol. The lowest BCUT2D eigenvalue weighted by atomic mass is 10.0. The maximum absolute atomic E-state index is 13.1. The van der Waals surface area contributed by atoms with Crippen molar-refractivity contribution < 1.29 is 9.90 Å². The number of hydrogen-bond acceptors (Lipinski definition) is 5. The number of anilines is 1. The molecule has 1 atom stereocenters. The van der Waals surface area contributed by atoms with Gasteiger partial charge in [0.05, 0.1) is 17.4 Å². The Morgan fingerprint density at radius 2 is 2.04 bits per heavy atom. The highest BCUT2D eigenvalue weighted by Gasteiger charge is 2.30. The Labute approximate surface area is 148 Å². The quantitative estimate of drug-likeness (QED) is 0.735. The normalized spacial score (nSPS) is 11.9. The zero-order valence-corrected chi connectivity index (χ0v) is 14.4. The number of aromatic nitrogens is 2. The number of H-pyrrole nitrogens is 1. The molecule has 1 aromatic carbocycles. The van der Waals surface area contributed by atoms with Gasteiger partial charge in [-0.3, -0.25) is 14.5 Å². The predicted octanol–water partition coefficient (Wildman–Crippen LogP) is 3.34. The molecule has 0 saturated carbocycles. The molecule has 3 rings (SSSR count). The highest BCUT2D eigenvalue weighted by Crippen LogP contribution is 2.34. The number of benzene rings is 1. The van der Waals surface area contributed by atoms with E-state index >= 15 is 0 Å². The van der Waals surface area contributed by atoms with Crippen molar-refractivity contribution >= 4 is 22.2 Å². The molecule has 2 heterocycles. The van der Waals surface area contributed by atoms with Crippen LogP contribution in [0.5, 0.6) is 5.75 Å². The van der Waals surface area contributed by atoms with Gasteiger partial charge < -0.3 is 10.1 Å². The lowest BCUT2D eigenvalue weighted by molar-refractivity contribution is 0.0968. The number of hydrogen-bond donors (Lipinski definition) is 2. The van der Waals surface area contributed by atoms with Gasteiger partial charge in [-0.2, -0.15) is 0 Å². The van der Waals surface area contributed by atoms with Gasteiger partial charge in [0.25, 0.3) is 11.5 Å². The summed E-state index contributed by atoms with van der Waals surface area (Å²) >= 11 is 1.41. The Hall–Kier alpha value is -2.93. The standard InChI is InChI=1S/C18H17N3O3S/c1-2-13(12-7-4-3-5-8-12)21(14-9-6-10-25-14)18(24)15-16(22)17(23)20-11-19-15/h3-11,13,22H,2H2,1H3,(H,19,20,23). The van der Waals surface area contributed by atoms with Gasteiger partial charge in [-0.1, -0.05) is 37.3 Å². The number of nitrogens with zero attached hydrogens (tertiary/aromatic N) is 2. The van der Waals surface area contributed by atoms with Crippen LogP contribution in [0.15, 0.2) is 59.0 Å². The third-order valence-corrected chi connectivity index (χ3v) is 4.74. The minimum absolute atomic E-state index is 0.243. The van der Waals surface area contributed by atoms with Crippen LogP contribution < -0.4 is 10.5 Å². The lowest BCUT2D eigenvalue weighted by Crippen LogP contribution is -2.35. The Bertz CT molecular complexity index is 907. The molecule has 128 valence electrons. The first-order chi connectivity index (χ1) is 12.1. The van der Waals surface area contributed by atoms with Gasteiger partial charge >= 0.3 is 0 Å². The molecule has 0 saturated heterocycles. The highest BCUT2D eigenvalue weighted by molar-refractivity contribution is 7.14. The summed E-state index contributed by atoms with van der Waals surface area (Å²) in [5.74, 6) is -1.18. The van der Waals surface area contributed by atoms with Crippen molar-refractivity contribution in [1.29, 1.82) is 0 Å². The van der Waals surface area contributed by atoms with Crippen LogP contribution in [0.3, 0.4) is 0 Å². The van der Waals surface area contributed by atoms with E-state index in [-0.39, 0.29) is 11.7 Å². The Morgan fingerprint density at radius 1 is 1.28 bits per heavy atom. The van der Waals surface area contributed by atoms with Crippen molar-refractivity contribution in [2.24, 2.45) is 0 Å². The number of carbonyl (C=O) groups excluding carboxylic acids is 1. The van der Waals surface area contributed by atoms with Crippen LogP contribution in [-0.2, 0) is 0 Å². The minimum Gasteiger partial charge on any atom is -0.501 e. The van der Waals surface area contributed by atoms with Gasteiger partial charge in [-0.15, -0.1) is 11.3 Å². The van der Waals surface area contributed by atoms with Crippen LogP contribution in [0.4, 0.5) is 5.00 Å². The summed E-state index contributed by atoms with van der Waals surface area (Å²) in [5.41, 5.74) is -0.0279. The molecule has 0 radical (unpaired) electrons. The summed E-state index contributed by atoms with van der Waals surface area (Å²) in [5, 5.41) is 12.6. The minimum atomic E-state index is -0.739. The topological polar surface area (TPSA) is 86.3 Å². The molecular weight excluding hydrogens is 338 g/mol. The van der Waals surface area contributed by atoms with E-state index in [1.807, 2.05) is 54.8 Å². The van der Waals surface area contributed by atoms with Crippen LogP contribution in [0.25, 0.3) is 0 Å². The third-order valence-electron chi connectivity index (χ3n) is 3.88. The maximum Gasteiger partial charge on any atom is 0.293 e. The summed E-state index contributed by atoms with van der Waals surface area (Å²) in [6.45, 7) is 1.98. The molecule has 0 fully saturated rings. The van der Waals surface area contributed by atoms with Crippen LogP contribution in [-0.4, -0.2) is 21.0 Å². The highest BCUT2D eigenvalue weighted by atomic mass is 32.1. The Kier molecular flexibility index (Phi) is 4.95. The molecule has 2 aromatic heterocycles. The van der Waals surface area contributed by atoms with Gasteiger partial charge in [0, 0.05) is 0 Å². The smallest absolute Gasteiger partial charge is 0.293 e. The average Bonchev–Trinajstić information content (AvgIpc) is 3.16. The Morgan fingerprint density at radius 3 is 2.68 bits per heavy atom. The van der Waals surface area contributed by atoms with Crippen LogP contribution >= 0.6 is 11.3 Å². The van der Waals surface area contributed by atoms with Crippen molar-refractivity contribution in [3.8, 4) is 5.75 Å². The number of thiophene rings is 1. The van der Waals surface area contributed by atoms with Gasteiger partial charge in [0.2, 0.25) is 5.75 Å². The fourth-order valence-corrected chi connectivity index (χ4v) is 3.49. The maximum atomic E-state index is 13.1. The fraction of sp³-hybridized carbons (Fsp3) is 0.167. The van der Waals surface area contributed by atoms with Gasteiger partial charge in [-0.25, -0.2) is 4.98 Å². The van der Waals surface area contributed by atoms with Crippen LogP contribution in [0.1, 0.15) is 35.4 Å². The second-order valence-electron chi connectivity index (χ2n) is 5.39. The van der Waals surface area contributed by atoms with E-state index in [1.165, 1.54) is 11.3 Å². The summed E-state index contributed by atoms with van der Waals surface area (Å²) in [6.07, 6.45) is 1.78. The van der Waals surface area contributed by atoms with Gasteiger partial charge in [-0.05, 0) is 29.5 Å². The van der Waals surface area contributed by atoms with Gasteiger partial charge in [0.1, 0.15) is 0 Å². The van der Waals surface area contributed by atoms with Crippen molar-refractivity contribution in [1.82, 2.24) is 9.97 Å². The molecule has 25 heavy (non-hydrogen) atoms. The summed E-state index contributed by atoms with van der Waals surface area (Å²) in [7, 11) is 0. The van der Waals surface area contributed by atoms with E-state index in [4.69, 9.17) is 0 Å². The number of amides is 1. The van der Waals surface area contributed by atoms with E-state index in [9.17, 15) is 14.7 Å². The molecule has 0 spiro atoms. The predicted molar refractivity (Wildman–Crippen MR) is 97.1 cm³/mol. The molecule has 1 amide bonds. The Balaban J connectivity index is 2.11. The molecule has 2 N–H and O–H groups in total. The molecule has 0 aliphatic rings. The second kappa shape index (κ2) is 7.31. The number of carbonyl (C=O) groups is 1. The molecule has 6 nitrogen and oxygen atoms in total. The van der Waals surface area contributed by atoms with E-state index in [0.29, 0.717) is 6.42 Å². The molecule has 0 aliphatic carbocycles. The van der Waals surface area contributed by atoms with E-state index in [1.54, 1.807) is 4.90 Å². The zero-order valence-electron chi connectivity index (χ0n) is 13.5. The third kappa shape index (κ3) is 3.32. The van der Waals surface area contributed by atoms with Gasteiger partial charge in [0.15, 0.2) is 5.69 Å². The zero-order chi connectivity index (χ0) is 17.8. The van der Waals surface area contributed by atoms with Crippen LogP contribution in [0, 0.1) is 0 Å². The summed E-state index contributed by atoms with van der Waals surface area (Å²) < 4.78 is 0. The molecular formula is C18H17N3O3S. The van der Waals surface area contributed by atoms with E-state index < -0.39 is 17.2 Å². The first-order valence-corrected chi connectivity index (χ1v) is 8.70. The van der Waals surface area contributed by atoms with Crippen molar-refractivity contribution in [2.75, 3.05) is 4.90 Å². The van der Waals surface area contributed by atoms with Crippen molar-refractivity contribution in [2.45, 2.75) is 19.4 Å². The van der Waals surface area contributed by atoms with Crippen molar-refractivity contribution in [3.05, 3.63) is 75.8 Å². The first kappa shape index (κ1) is 16.9. The fourth-order valence-electron chi connectivity index (χ4n) is 2.71. The molecule has 0 bridgehead atoms.